The Morgan fingerprint density at radius 2 is 1.71 bits per heavy atom. The molecule has 2 amide bonds. The van der Waals surface area contributed by atoms with Crippen molar-refractivity contribution in [1.29, 1.82) is 0 Å². The first kappa shape index (κ1) is 45.7. The van der Waals surface area contributed by atoms with Gasteiger partial charge in [0.05, 0.1) is 10.9 Å². The monoisotopic (exact) mass is 930 g/mol. The summed E-state index contributed by atoms with van der Waals surface area (Å²) in [5.74, 6) is 2.85. The molecule has 17 heteroatoms. The lowest BCUT2D eigenvalue weighted by Crippen LogP contribution is -2.51. The highest BCUT2D eigenvalue weighted by Crippen LogP contribution is 2.40. The second-order valence-corrected chi connectivity index (χ2v) is 19.9. The molecule has 5 saturated heterocycles. The van der Waals surface area contributed by atoms with E-state index in [0.717, 1.165) is 76.9 Å². The largest absolute Gasteiger partial charge is 0.508 e. The molecule has 0 spiro atoms. The third kappa shape index (κ3) is 9.00. The van der Waals surface area contributed by atoms with E-state index < -0.39 is 29.5 Å². The number of primary amides is 1. The number of likely N-dealkylation sites (tertiary alicyclic amines) is 2. The number of carbonyl (C=O) groups is 2. The first-order valence-corrected chi connectivity index (χ1v) is 24.4. The number of nitrogens with one attached hydrogen (secondary N) is 1. The third-order valence-corrected chi connectivity index (χ3v) is 15.2. The van der Waals surface area contributed by atoms with Gasteiger partial charge in [0.1, 0.15) is 47.2 Å². The number of ether oxygens (including phenoxy) is 1. The van der Waals surface area contributed by atoms with Gasteiger partial charge in [0.25, 0.3) is 0 Å². The maximum absolute atomic E-state index is 17.0. The Hall–Kier alpha value is -6.12. The Morgan fingerprint density at radius 1 is 0.971 bits per heavy atom. The molecule has 3 aromatic heterocycles. The van der Waals surface area contributed by atoms with Crippen molar-refractivity contribution in [2.24, 2.45) is 23.5 Å². The number of aromatic nitrogens is 4. The summed E-state index contributed by atoms with van der Waals surface area (Å²) in [7, 11) is 0. The molecule has 5 aromatic rings. The quantitative estimate of drug-likeness (QED) is 0.111. The highest BCUT2D eigenvalue weighted by Gasteiger charge is 2.40. The highest BCUT2D eigenvalue weighted by atomic mass is 19.1. The SMILES string of the molecule is C#Cc1c(F)ccc2cc(O)cc(-c3ncc4c(N5CC6CCC(C5)N6)nc(OCCN5CCC(CC6CCN(c7cc(C(C(=O)N8CCCC8C(N)=O)C(C)C)on7)CC6)CC5)nc4c3F)c12. The third-order valence-electron chi connectivity index (χ3n) is 15.2. The maximum Gasteiger partial charge on any atom is 0.319 e. The van der Waals surface area contributed by atoms with Crippen LogP contribution in [0, 0.1) is 41.7 Å². The summed E-state index contributed by atoms with van der Waals surface area (Å²) >= 11 is 0. The standard InChI is InChI=1S/C51H60F2N10O5/c1-4-36-39(52)10-7-32-23-35(64)24-37(44(32)36)46-45(53)47-38(26-55-46)49(62-27-33-8-9-34(28-62)56-33)58-51(57-47)67-21-20-60-16-11-30(12-17-60)22-31-13-18-61(19-14-31)42-25-41(68-59-42)43(29(2)3)50(66)63-15-5-6-40(63)48(54)65/h1,7,10,23-26,29-31,33-34,40,43,56,64H,5-6,8-9,11-22,27-28H2,2-3H3,(H2,54,65). The van der Waals surface area contributed by atoms with Crippen LogP contribution in [-0.4, -0.2) is 124 Å². The number of terminal acetylenes is 1. The lowest BCUT2D eigenvalue weighted by molar-refractivity contribution is -0.139. The Labute approximate surface area is 394 Å². The summed E-state index contributed by atoms with van der Waals surface area (Å²) < 4.78 is 44.1. The molecule has 0 radical (unpaired) electrons. The topological polar surface area (TPSA) is 179 Å². The van der Waals surface area contributed by atoms with E-state index in [0.29, 0.717) is 85.5 Å². The minimum Gasteiger partial charge on any atom is -0.508 e. The number of phenols is 1. The first-order valence-electron chi connectivity index (χ1n) is 24.4. The minimum atomic E-state index is -0.740. The average Bonchev–Trinajstić information content (AvgIpc) is 4.10. The Bertz CT molecular complexity index is 2730. The molecule has 4 N–H and O–H groups in total. The zero-order valence-corrected chi connectivity index (χ0v) is 38.8. The second kappa shape index (κ2) is 19.1. The van der Waals surface area contributed by atoms with E-state index in [2.05, 4.69) is 41.1 Å². The van der Waals surface area contributed by atoms with Crippen LogP contribution >= 0.6 is 0 Å². The minimum absolute atomic E-state index is 0.0265. The molecule has 0 saturated carbocycles. The molecule has 68 heavy (non-hydrogen) atoms. The second-order valence-electron chi connectivity index (χ2n) is 19.9. The number of aromatic hydroxyl groups is 1. The van der Waals surface area contributed by atoms with Crippen molar-refractivity contribution in [1.82, 2.24) is 35.2 Å². The van der Waals surface area contributed by atoms with Crippen LogP contribution in [0.3, 0.4) is 0 Å². The summed E-state index contributed by atoms with van der Waals surface area (Å²) in [4.78, 5) is 48.2. The molecule has 8 heterocycles. The van der Waals surface area contributed by atoms with Gasteiger partial charge in [-0.2, -0.15) is 9.97 Å². The van der Waals surface area contributed by atoms with Crippen LogP contribution in [0.4, 0.5) is 20.4 Å². The molecule has 2 bridgehead atoms. The van der Waals surface area contributed by atoms with Gasteiger partial charge >= 0.3 is 6.01 Å². The molecular weight excluding hydrogens is 871 g/mol. The zero-order valence-electron chi connectivity index (χ0n) is 38.8. The van der Waals surface area contributed by atoms with Gasteiger partial charge in [0.15, 0.2) is 17.4 Å². The number of hydrogen-bond donors (Lipinski definition) is 3. The van der Waals surface area contributed by atoms with Gasteiger partial charge in [0.2, 0.25) is 11.8 Å². The summed E-state index contributed by atoms with van der Waals surface area (Å²) in [6, 6.07) is 7.54. The van der Waals surface area contributed by atoms with E-state index in [1.807, 2.05) is 19.9 Å². The molecule has 15 nitrogen and oxygen atoms in total. The first-order chi connectivity index (χ1) is 32.9. The van der Waals surface area contributed by atoms with Gasteiger partial charge in [-0.05, 0) is 112 Å². The van der Waals surface area contributed by atoms with Crippen LogP contribution < -0.4 is 25.6 Å². The van der Waals surface area contributed by atoms with Crippen LogP contribution in [0.2, 0.25) is 0 Å². The smallest absolute Gasteiger partial charge is 0.319 e. The molecule has 4 atom stereocenters. The molecular formula is C51H60F2N10O5. The van der Waals surface area contributed by atoms with Crippen molar-refractivity contribution in [3.8, 4) is 35.4 Å². The number of rotatable bonds is 13. The van der Waals surface area contributed by atoms with Crippen LogP contribution in [0.5, 0.6) is 11.8 Å². The van der Waals surface area contributed by atoms with Crippen molar-refractivity contribution in [2.75, 3.05) is 68.8 Å². The van der Waals surface area contributed by atoms with Crippen LogP contribution in [0.15, 0.2) is 41.1 Å². The van der Waals surface area contributed by atoms with E-state index in [4.69, 9.17) is 26.4 Å². The summed E-state index contributed by atoms with van der Waals surface area (Å²) in [6.45, 7) is 10.5. The number of piperidine rings is 2. The Morgan fingerprint density at radius 3 is 2.41 bits per heavy atom. The van der Waals surface area contributed by atoms with E-state index in [1.54, 1.807) is 11.1 Å². The maximum atomic E-state index is 17.0. The number of anilines is 2. The molecule has 0 aliphatic carbocycles. The number of nitrogens with two attached hydrogens (primary N) is 1. The highest BCUT2D eigenvalue weighted by molar-refractivity contribution is 6.03. The zero-order chi connectivity index (χ0) is 47.2. The number of pyridine rings is 1. The number of halogens is 2. The fourth-order valence-electron chi connectivity index (χ4n) is 11.6. The van der Waals surface area contributed by atoms with Gasteiger partial charge in [-0.1, -0.05) is 31.0 Å². The van der Waals surface area contributed by atoms with Gasteiger partial charge in [-0.25, -0.2) is 8.78 Å². The van der Waals surface area contributed by atoms with Gasteiger partial charge in [0, 0.05) is 74.6 Å². The summed E-state index contributed by atoms with van der Waals surface area (Å²) in [5.41, 5.74) is 5.66. The number of nitrogens with zero attached hydrogens (tertiary/aromatic N) is 8. The molecule has 2 aromatic carbocycles. The molecule has 10 rings (SSSR count). The van der Waals surface area contributed by atoms with E-state index in [-0.39, 0.29) is 51.3 Å². The van der Waals surface area contributed by atoms with Gasteiger partial charge in [-0.15, -0.1) is 6.42 Å². The van der Waals surface area contributed by atoms with Crippen molar-refractivity contribution < 1.29 is 32.7 Å². The predicted octanol–water partition coefficient (Wildman–Crippen LogP) is 6.35. The molecule has 4 unspecified atom stereocenters. The lowest BCUT2D eigenvalue weighted by atomic mass is 9.83. The van der Waals surface area contributed by atoms with Crippen molar-refractivity contribution in [2.45, 2.75) is 95.7 Å². The van der Waals surface area contributed by atoms with Gasteiger partial charge < -0.3 is 40.1 Å². The number of carbonyl (C=O) groups excluding carboxylic acids is 2. The normalized spacial score (nSPS) is 22.1. The molecule has 358 valence electrons. The number of amides is 2. The molecule has 5 fully saturated rings. The van der Waals surface area contributed by atoms with E-state index in [9.17, 15) is 19.1 Å². The Balaban J connectivity index is 0.762. The van der Waals surface area contributed by atoms with Crippen molar-refractivity contribution in [3.05, 3.63) is 59.5 Å². The summed E-state index contributed by atoms with van der Waals surface area (Å²) in [6.07, 6.45) is 16.3. The van der Waals surface area contributed by atoms with Gasteiger partial charge in [-0.3, -0.25) is 19.5 Å². The van der Waals surface area contributed by atoms with Crippen LogP contribution in [-0.2, 0) is 9.59 Å². The average molecular weight is 931 g/mol. The fourth-order valence-corrected chi connectivity index (χ4v) is 11.6. The number of hydrogen-bond acceptors (Lipinski definition) is 13. The number of phenolic OH excluding ortho intramolecular Hbond substituents is 1. The number of benzene rings is 2. The van der Waals surface area contributed by atoms with Crippen molar-refractivity contribution in [3.63, 3.8) is 0 Å². The van der Waals surface area contributed by atoms with Crippen molar-refractivity contribution >= 4 is 45.1 Å². The van der Waals surface area contributed by atoms with Crippen LogP contribution in [0.25, 0.3) is 32.9 Å². The molecule has 5 aliphatic rings. The van der Waals surface area contributed by atoms with Crippen LogP contribution in [0.1, 0.15) is 88.9 Å². The fraction of sp³-hybridized carbons (Fsp3) is 0.529. The number of fused-ring (bicyclic) bond motifs is 4. The predicted molar refractivity (Wildman–Crippen MR) is 254 cm³/mol. The summed E-state index contributed by atoms with van der Waals surface area (Å²) in [5, 5.41) is 19.9. The number of piperazine rings is 1. The molecule has 5 aliphatic heterocycles. The van der Waals surface area contributed by atoms with E-state index >= 15 is 4.39 Å². The van der Waals surface area contributed by atoms with E-state index in [1.165, 1.54) is 30.7 Å². The Kier molecular flexibility index (Phi) is 12.8. The lowest BCUT2D eigenvalue weighted by Gasteiger charge is -2.36.